The molecule has 1 fully saturated rings. The molecule has 10 heteroatoms. The molecule has 51 heavy (non-hydrogen) atoms. The predicted octanol–water partition coefficient (Wildman–Crippen LogP) is 8.18. The van der Waals surface area contributed by atoms with Crippen molar-refractivity contribution in [2.75, 3.05) is 13.2 Å². The molecule has 10 nitrogen and oxygen atoms in total. The molecule has 0 saturated carbocycles. The van der Waals surface area contributed by atoms with Gasteiger partial charge >= 0.3 is 5.97 Å². The predicted molar refractivity (Wildman–Crippen MR) is 204 cm³/mol. The number of hydrogen-bond acceptors (Lipinski definition) is 7. The summed E-state index contributed by atoms with van der Waals surface area (Å²) in [5.41, 5.74) is 0. The fourth-order valence-electron chi connectivity index (χ4n) is 7.13. The second-order valence-electron chi connectivity index (χ2n) is 15.0. The average molecular weight is 727 g/mol. The van der Waals surface area contributed by atoms with Crippen LogP contribution in [0.3, 0.4) is 0 Å². The normalized spacial score (nSPS) is 20.4. The maximum absolute atomic E-state index is 13.8. The molecule has 2 amide bonds. The quantitative estimate of drug-likeness (QED) is 0.0416. The van der Waals surface area contributed by atoms with Crippen molar-refractivity contribution in [2.45, 2.75) is 231 Å². The van der Waals surface area contributed by atoms with Crippen LogP contribution in [0.5, 0.6) is 0 Å². The molecular formula is C41H78N2O8. The highest BCUT2D eigenvalue weighted by Gasteiger charge is 2.48. The van der Waals surface area contributed by atoms with Gasteiger partial charge in [-0.15, -0.1) is 0 Å². The Morgan fingerprint density at radius 2 is 1.00 bits per heavy atom. The van der Waals surface area contributed by atoms with Crippen LogP contribution in [0.4, 0.5) is 0 Å². The summed E-state index contributed by atoms with van der Waals surface area (Å²) >= 11 is 0. The van der Waals surface area contributed by atoms with Crippen molar-refractivity contribution >= 4 is 17.8 Å². The monoisotopic (exact) mass is 727 g/mol. The van der Waals surface area contributed by atoms with E-state index in [1.54, 1.807) is 4.90 Å². The molecule has 0 aliphatic carbocycles. The minimum atomic E-state index is -1.47. The molecule has 0 radical (unpaired) electrons. The first kappa shape index (κ1) is 47.3. The summed E-state index contributed by atoms with van der Waals surface area (Å²) in [5.74, 6) is -1.62. The van der Waals surface area contributed by atoms with Gasteiger partial charge in [0.25, 0.3) is 0 Å². The largest absolute Gasteiger partial charge is 0.481 e. The number of ether oxygens (including phenoxy) is 1. The number of amides is 2. The molecule has 1 aliphatic rings. The van der Waals surface area contributed by atoms with Gasteiger partial charge in [-0.3, -0.25) is 14.4 Å². The van der Waals surface area contributed by atoms with Crippen molar-refractivity contribution in [1.29, 1.82) is 0 Å². The van der Waals surface area contributed by atoms with Gasteiger partial charge in [0.1, 0.15) is 24.4 Å². The Balaban J connectivity index is 2.68. The van der Waals surface area contributed by atoms with Crippen molar-refractivity contribution in [3.05, 3.63) is 0 Å². The number of carbonyl (C=O) groups excluding carboxylic acids is 2. The first-order chi connectivity index (χ1) is 24.8. The molecule has 5 atom stereocenters. The van der Waals surface area contributed by atoms with E-state index in [1.165, 1.54) is 109 Å². The minimum Gasteiger partial charge on any atom is -0.481 e. The SMILES string of the molecule is CCCCCCCCCCCCCCCCCCN(C(=O)CCCCCCCCCCC)[C@@H]1O[C@H](CO)[C@@H](O)[C@H](O)[C@@H]1NC(=O)CCCC(=O)O. The lowest BCUT2D eigenvalue weighted by atomic mass is 9.94. The fourth-order valence-corrected chi connectivity index (χ4v) is 7.13. The highest BCUT2D eigenvalue weighted by Crippen LogP contribution is 2.26. The van der Waals surface area contributed by atoms with Crippen LogP contribution in [0.25, 0.3) is 0 Å². The van der Waals surface area contributed by atoms with Crippen LogP contribution >= 0.6 is 0 Å². The lowest BCUT2D eigenvalue weighted by Crippen LogP contribution is -2.68. The molecule has 0 spiro atoms. The third-order valence-corrected chi connectivity index (χ3v) is 10.4. The number of hydrogen-bond donors (Lipinski definition) is 5. The van der Waals surface area contributed by atoms with Crippen molar-refractivity contribution in [1.82, 2.24) is 10.2 Å². The molecular weight excluding hydrogens is 648 g/mol. The number of carbonyl (C=O) groups is 3. The number of carboxylic acids is 1. The summed E-state index contributed by atoms with van der Waals surface area (Å²) in [6, 6.07) is -1.12. The number of aliphatic hydroxyl groups excluding tert-OH is 3. The van der Waals surface area contributed by atoms with E-state index in [0.29, 0.717) is 13.0 Å². The molecule has 1 rings (SSSR count). The number of unbranched alkanes of at least 4 members (excludes halogenated alkanes) is 23. The number of aliphatic carboxylic acids is 1. The average Bonchev–Trinajstić information content (AvgIpc) is 3.11. The summed E-state index contributed by atoms with van der Waals surface area (Å²) in [4.78, 5) is 39.1. The molecule has 0 aromatic heterocycles. The molecule has 5 N–H and O–H groups in total. The van der Waals surface area contributed by atoms with E-state index >= 15 is 0 Å². The number of nitrogens with one attached hydrogen (secondary N) is 1. The third kappa shape index (κ3) is 22.8. The lowest BCUT2D eigenvalue weighted by molar-refractivity contribution is -0.231. The third-order valence-electron chi connectivity index (χ3n) is 10.4. The summed E-state index contributed by atoms with van der Waals surface area (Å²) in [6.07, 6.45) is 25.1. The van der Waals surface area contributed by atoms with Gasteiger partial charge in [0.2, 0.25) is 11.8 Å². The smallest absolute Gasteiger partial charge is 0.303 e. The molecule has 0 unspecified atom stereocenters. The number of rotatable bonds is 34. The van der Waals surface area contributed by atoms with Gasteiger partial charge in [-0.1, -0.05) is 162 Å². The Bertz CT molecular complexity index is 875. The number of aliphatic hydroxyl groups is 3. The highest BCUT2D eigenvalue weighted by atomic mass is 16.5. The summed E-state index contributed by atoms with van der Waals surface area (Å²) < 4.78 is 6.07. The summed E-state index contributed by atoms with van der Waals surface area (Å²) in [7, 11) is 0. The molecule has 0 aromatic rings. The van der Waals surface area contributed by atoms with Gasteiger partial charge in [-0.25, -0.2) is 0 Å². The maximum Gasteiger partial charge on any atom is 0.303 e. The molecule has 0 aromatic carbocycles. The van der Waals surface area contributed by atoms with Crippen LogP contribution in [0.2, 0.25) is 0 Å². The van der Waals surface area contributed by atoms with Crippen molar-refractivity contribution < 1.29 is 39.5 Å². The van der Waals surface area contributed by atoms with Gasteiger partial charge in [-0.2, -0.15) is 0 Å². The van der Waals surface area contributed by atoms with Crippen LogP contribution in [-0.2, 0) is 19.1 Å². The Labute approximate surface area is 310 Å². The van der Waals surface area contributed by atoms with E-state index in [0.717, 1.165) is 51.4 Å². The first-order valence-electron chi connectivity index (χ1n) is 21.2. The Morgan fingerprint density at radius 1 is 0.569 bits per heavy atom. The zero-order chi connectivity index (χ0) is 37.5. The van der Waals surface area contributed by atoms with Crippen LogP contribution in [0, 0.1) is 0 Å². The van der Waals surface area contributed by atoms with Crippen LogP contribution in [0.15, 0.2) is 0 Å². The van der Waals surface area contributed by atoms with Crippen molar-refractivity contribution in [3.8, 4) is 0 Å². The topological polar surface area (TPSA) is 157 Å². The van der Waals surface area contributed by atoms with E-state index in [4.69, 9.17) is 9.84 Å². The minimum absolute atomic E-state index is 0.0761. The number of carboxylic acid groups (broad SMARTS) is 1. The van der Waals surface area contributed by atoms with E-state index in [-0.39, 0.29) is 25.2 Å². The van der Waals surface area contributed by atoms with E-state index in [1.807, 2.05) is 0 Å². The van der Waals surface area contributed by atoms with Gasteiger partial charge < -0.3 is 35.4 Å². The second-order valence-corrected chi connectivity index (χ2v) is 15.0. The molecule has 300 valence electrons. The van der Waals surface area contributed by atoms with Gasteiger partial charge in [0, 0.05) is 25.8 Å². The van der Waals surface area contributed by atoms with Gasteiger partial charge in [0.15, 0.2) is 6.23 Å². The molecule has 1 saturated heterocycles. The van der Waals surface area contributed by atoms with Gasteiger partial charge in [-0.05, 0) is 19.3 Å². The van der Waals surface area contributed by atoms with Crippen molar-refractivity contribution in [3.63, 3.8) is 0 Å². The van der Waals surface area contributed by atoms with Crippen LogP contribution in [-0.4, -0.2) is 86.8 Å². The van der Waals surface area contributed by atoms with Crippen LogP contribution < -0.4 is 5.32 Å². The Hall–Kier alpha value is -1.75. The van der Waals surface area contributed by atoms with Crippen LogP contribution in [0.1, 0.15) is 200 Å². The number of nitrogens with zero attached hydrogens (tertiary/aromatic N) is 1. The molecule has 1 heterocycles. The molecule has 0 bridgehead atoms. The Kier molecular flexibility index (Phi) is 29.4. The highest BCUT2D eigenvalue weighted by molar-refractivity contribution is 5.78. The standard InChI is InChI=1S/C41H78N2O8/c1-3-5-7-9-11-13-14-15-16-17-18-19-21-23-25-27-32-43(36(46)30-26-24-22-20-12-10-8-6-4-2)41-38(40(50)39(49)34(33-44)51-41)42-35(45)29-28-31-37(47)48/h34,38-41,44,49-50H,3-33H2,1-2H3,(H,42,45)(H,47,48)/t34-,38+,39-,40-,41-/m1/s1. The van der Waals surface area contributed by atoms with Gasteiger partial charge in [0.05, 0.1) is 6.61 Å². The maximum atomic E-state index is 13.8. The zero-order valence-electron chi connectivity index (χ0n) is 32.7. The fraction of sp³-hybridized carbons (Fsp3) is 0.927. The summed E-state index contributed by atoms with van der Waals surface area (Å²) in [6.45, 7) is 4.30. The van der Waals surface area contributed by atoms with E-state index in [9.17, 15) is 29.7 Å². The lowest BCUT2D eigenvalue weighted by Gasteiger charge is -2.47. The zero-order valence-corrected chi connectivity index (χ0v) is 32.7. The van der Waals surface area contributed by atoms with E-state index in [2.05, 4.69) is 19.2 Å². The molecule has 1 aliphatic heterocycles. The second kappa shape index (κ2) is 31.7. The Morgan fingerprint density at radius 3 is 1.43 bits per heavy atom. The summed E-state index contributed by atoms with van der Waals surface area (Å²) in [5, 5.41) is 43.3. The van der Waals surface area contributed by atoms with E-state index < -0.39 is 49.1 Å². The first-order valence-corrected chi connectivity index (χ1v) is 21.2. The van der Waals surface area contributed by atoms with Crippen molar-refractivity contribution in [2.24, 2.45) is 0 Å².